The molecule has 0 saturated heterocycles. The van der Waals surface area contributed by atoms with Crippen LogP contribution in [0.1, 0.15) is 33.4 Å². The van der Waals surface area contributed by atoms with E-state index in [1.165, 1.54) is 120 Å². The zero-order chi connectivity index (χ0) is 55.1. The monoisotopic (exact) mass is 1060 g/mol. The Kier molecular flexibility index (Phi) is 9.97. The Bertz CT molecular complexity index is 4900. The van der Waals surface area contributed by atoms with Gasteiger partial charge in [-0.2, -0.15) is 0 Å². The topological polar surface area (TPSA) is 6.48 Å². The van der Waals surface area contributed by atoms with Crippen molar-refractivity contribution < 1.29 is 0 Å². The molecular weight excluding hydrogens is 1010 g/mol. The quantitative estimate of drug-likeness (QED) is 0.133. The van der Waals surface area contributed by atoms with Crippen LogP contribution < -0.4 is 9.80 Å². The minimum absolute atomic E-state index is 0.854. The van der Waals surface area contributed by atoms with Crippen LogP contribution in [0.4, 0.5) is 34.1 Å². The van der Waals surface area contributed by atoms with Gasteiger partial charge in [0.2, 0.25) is 0 Å². The Balaban J connectivity index is 0.957. The fourth-order valence-corrected chi connectivity index (χ4v) is 15.9. The lowest BCUT2D eigenvalue weighted by Gasteiger charge is -2.51. The first-order chi connectivity index (χ1) is 41.7. The van der Waals surface area contributed by atoms with E-state index in [1.54, 1.807) is 0 Å². The summed E-state index contributed by atoms with van der Waals surface area (Å²) < 4.78 is 0. The van der Waals surface area contributed by atoms with Crippen molar-refractivity contribution in [1.29, 1.82) is 0 Å². The number of nitrogens with zero attached hydrogens (tertiary/aromatic N) is 2. The lowest BCUT2D eigenvalue weighted by molar-refractivity contribution is 0.437. The second-order valence-corrected chi connectivity index (χ2v) is 23.0. The Hall–Kier alpha value is -10.8. The molecule has 0 amide bonds. The molecule has 18 rings (SSSR count). The summed E-state index contributed by atoms with van der Waals surface area (Å²) in [7, 11) is 0. The van der Waals surface area contributed by atoms with Crippen molar-refractivity contribution in [2.75, 3.05) is 9.80 Å². The van der Waals surface area contributed by atoms with Crippen LogP contribution in [0.25, 0.3) is 86.9 Å². The van der Waals surface area contributed by atoms with Crippen LogP contribution >= 0.6 is 0 Å². The summed E-state index contributed by atoms with van der Waals surface area (Å²) in [6, 6.07) is 120. The molecule has 390 valence electrons. The van der Waals surface area contributed by atoms with Gasteiger partial charge in [0.1, 0.15) is 0 Å². The highest BCUT2D eigenvalue weighted by Crippen LogP contribution is 2.70. The van der Waals surface area contributed by atoms with Crippen molar-refractivity contribution in [3.8, 4) is 22.3 Å². The first-order valence-electron chi connectivity index (χ1n) is 29.3. The van der Waals surface area contributed by atoms with E-state index in [2.05, 4.69) is 325 Å². The molecule has 0 bridgehead atoms. The predicted molar refractivity (Wildman–Crippen MR) is 353 cm³/mol. The highest BCUT2D eigenvalue weighted by Gasteiger charge is 2.64. The summed E-state index contributed by atoms with van der Waals surface area (Å²) in [4.78, 5) is 5.03. The van der Waals surface area contributed by atoms with E-state index in [4.69, 9.17) is 0 Å². The lowest BCUT2D eigenvalue weighted by atomic mass is 9.49. The van der Waals surface area contributed by atoms with E-state index in [0.29, 0.717) is 0 Å². The smallest absolute Gasteiger partial charge is 0.0642 e. The lowest BCUT2D eigenvalue weighted by Crippen LogP contribution is -2.50. The number of hydrogen-bond donors (Lipinski definition) is 0. The zero-order valence-corrected chi connectivity index (χ0v) is 45.9. The molecule has 0 aliphatic heterocycles. The second kappa shape index (κ2) is 17.8. The van der Waals surface area contributed by atoms with E-state index in [1.807, 2.05) is 0 Å². The van der Waals surface area contributed by atoms with Gasteiger partial charge in [-0.3, -0.25) is 0 Å². The maximum absolute atomic E-state index is 2.57. The third kappa shape index (κ3) is 6.29. The van der Waals surface area contributed by atoms with Gasteiger partial charge in [-0.25, -0.2) is 0 Å². The molecule has 16 aromatic rings. The van der Waals surface area contributed by atoms with Crippen LogP contribution in [0.15, 0.2) is 315 Å². The van der Waals surface area contributed by atoms with Gasteiger partial charge in [-0.1, -0.05) is 255 Å². The number of hydrogen-bond acceptors (Lipinski definition) is 2. The molecule has 0 spiro atoms. The van der Waals surface area contributed by atoms with Gasteiger partial charge in [0, 0.05) is 33.5 Å². The molecule has 0 saturated carbocycles. The molecule has 0 aromatic heterocycles. The molecule has 16 aromatic carbocycles. The maximum Gasteiger partial charge on any atom is 0.0642 e. The molecule has 84 heavy (non-hydrogen) atoms. The molecule has 2 aliphatic carbocycles. The summed E-state index contributed by atoms with van der Waals surface area (Å²) in [6.45, 7) is 0. The molecule has 2 aliphatic rings. The molecule has 0 radical (unpaired) electrons. The fourth-order valence-electron chi connectivity index (χ4n) is 15.9. The Morgan fingerprint density at radius 3 is 0.929 bits per heavy atom. The van der Waals surface area contributed by atoms with Gasteiger partial charge in [-0.05, 0) is 170 Å². The minimum Gasteiger partial charge on any atom is -0.310 e. The summed E-state index contributed by atoms with van der Waals surface area (Å²) in [5.41, 5.74) is 17.4. The van der Waals surface area contributed by atoms with Crippen molar-refractivity contribution >= 4 is 98.8 Å². The fraction of sp³-hybridized carbons (Fsp3) is 0.0244. The molecule has 2 unspecified atom stereocenters. The molecule has 2 atom stereocenters. The van der Waals surface area contributed by atoms with E-state index in [0.717, 1.165) is 34.1 Å². The number of fused-ring (bicyclic) bond motifs is 6. The van der Waals surface area contributed by atoms with Crippen LogP contribution in [0.3, 0.4) is 0 Å². The van der Waals surface area contributed by atoms with Gasteiger partial charge < -0.3 is 9.80 Å². The minimum atomic E-state index is -0.854. The largest absolute Gasteiger partial charge is 0.310 e. The summed E-state index contributed by atoms with van der Waals surface area (Å²) >= 11 is 0. The normalized spacial score (nSPS) is 16.0. The number of benzene rings is 16. The maximum atomic E-state index is 2.57. The second-order valence-electron chi connectivity index (χ2n) is 23.0. The number of para-hydroxylation sites is 2. The van der Waals surface area contributed by atoms with E-state index < -0.39 is 10.8 Å². The van der Waals surface area contributed by atoms with E-state index >= 15 is 0 Å². The number of anilines is 6. The Morgan fingerprint density at radius 1 is 0.202 bits per heavy atom. The molecule has 2 heteroatoms. The standard InChI is InChI=1S/C82H52N2/c1-5-23-59(24-6-1)81(71-33-15-13-31-65(71)67-47-43-63(51-73(67)81)83(61-27-9-3-10-28-61)75-49-41-57-37-35-53-19-17-21-55-39-45-69(75)79(57)77(53)55)82(60-25-7-2-8-26-60)72-34-16-14-32-66(72)68-48-44-64(52-74(68)82)84(62-29-11-4-12-30-62)76-50-42-58-38-36-54-20-18-22-56-40-46-70(76)80(58)78(54)56/h1-52H. The van der Waals surface area contributed by atoms with Crippen LogP contribution in [-0.4, -0.2) is 0 Å². The van der Waals surface area contributed by atoms with E-state index in [-0.39, 0.29) is 0 Å². The highest BCUT2D eigenvalue weighted by atomic mass is 15.2. The van der Waals surface area contributed by atoms with Gasteiger partial charge in [-0.15, -0.1) is 0 Å². The molecule has 0 N–H and O–H groups in total. The Morgan fingerprint density at radius 2 is 0.524 bits per heavy atom. The first kappa shape index (κ1) is 46.9. The summed E-state index contributed by atoms with van der Waals surface area (Å²) in [6.07, 6.45) is 0. The predicted octanol–water partition coefficient (Wildman–Crippen LogP) is 21.8. The van der Waals surface area contributed by atoms with Gasteiger partial charge >= 0.3 is 0 Å². The van der Waals surface area contributed by atoms with Gasteiger partial charge in [0.25, 0.3) is 0 Å². The first-order valence-corrected chi connectivity index (χ1v) is 29.3. The SMILES string of the molecule is c1ccc(N(c2ccc3c(c2)C(c2ccccc2)(C2(c4ccccc4)c4ccccc4-c4ccc(N(c5ccccc5)c5ccc6ccc7cccc8ccc5c6c78)cc42)c2ccccc2-3)c2ccc3ccc4cccc5ccc2c3c45)cc1. The average molecular weight is 1070 g/mol. The third-order valence-corrected chi connectivity index (χ3v) is 19.1. The highest BCUT2D eigenvalue weighted by molar-refractivity contribution is 6.27. The van der Waals surface area contributed by atoms with Crippen LogP contribution in [-0.2, 0) is 10.8 Å². The van der Waals surface area contributed by atoms with Gasteiger partial charge in [0.15, 0.2) is 0 Å². The number of rotatable bonds is 9. The van der Waals surface area contributed by atoms with Crippen LogP contribution in [0, 0.1) is 0 Å². The average Bonchev–Trinajstić information content (AvgIpc) is 1.62. The molecule has 0 heterocycles. The third-order valence-electron chi connectivity index (χ3n) is 19.1. The molecule has 0 fully saturated rings. The molecule has 2 nitrogen and oxygen atoms in total. The van der Waals surface area contributed by atoms with Crippen molar-refractivity contribution in [3.05, 3.63) is 349 Å². The van der Waals surface area contributed by atoms with Crippen LogP contribution in [0.2, 0.25) is 0 Å². The van der Waals surface area contributed by atoms with Crippen molar-refractivity contribution in [2.45, 2.75) is 10.8 Å². The summed E-state index contributed by atoms with van der Waals surface area (Å²) in [5, 5.41) is 15.1. The summed E-state index contributed by atoms with van der Waals surface area (Å²) in [5.74, 6) is 0. The van der Waals surface area contributed by atoms with Crippen LogP contribution in [0.5, 0.6) is 0 Å². The van der Waals surface area contributed by atoms with E-state index in [9.17, 15) is 0 Å². The molecular formula is C82H52N2. The van der Waals surface area contributed by atoms with Crippen molar-refractivity contribution in [1.82, 2.24) is 0 Å². The Labute approximate surface area is 487 Å². The van der Waals surface area contributed by atoms with Crippen molar-refractivity contribution in [2.24, 2.45) is 0 Å². The van der Waals surface area contributed by atoms with Crippen molar-refractivity contribution in [3.63, 3.8) is 0 Å². The van der Waals surface area contributed by atoms with Gasteiger partial charge in [0.05, 0.1) is 22.2 Å². The zero-order valence-electron chi connectivity index (χ0n) is 45.9.